The highest BCUT2D eigenvalue weighted by atomic mass is 16.3. The van der Waals surface area contributed by atoms with Gasteiger partial charge in [-0.05, 0) is 24.5 Å². The van der Waals surface area contributed by atoms with Gasteiger partial charge in [0.25, 0.3) is 0 Å². The molecule has 0 saturated carbocycles. The van der Waals surface area contributed by atoms with E-state index in [0.29, 0.717) is 25.2 Å². The Bertz CT molecular complexity index is 872. The van der Waals surface area contributed by atoms with Crippen molar-refractivity contribution in [1.29, 1.82) is 0 Å². The van der Waals surface area contributed by atoms with E-state index in [0.717, 1.165) is 22.4 Å². The monoisotopic (exact) mass is 349 g/mol. The molecule has 0 aliphatic heterocycles. The lowest BCUT2D eigenvalue weighted by Crippen LogP contribution is -2.17. The zero-order chi connectivity index (χ0) is 18.4. The summed E-state index contributed by atoms with van der Waals surface area (Å²) in [5, 5.41) is 16.8. The molecular formula is C21H23N3O2. The number of carbonyl (C=O) groups excluding carboxylic acids is 1. The normalized spacial score (nSPS) is 10.7. The average molecular weight is 349 g/mol. The Balaban J connectivity index is 1.74. The van der Waals surface area contributed by atoms with Crippen LogP contribution in [-0.2, 0) is 17.8 Å². The Kier molecular flexibility index (Phi) is 5.81. The number of nitrogens with one attached hydrogen (secondary N) is 1. The van der Waals surface area contributed by atoms with Crippen molar-refractivity contribution in [3.05, 3.63) is 71.8 Å². The summed E-state index contributed by atoms with van der Waals surface area (Å²) < 4.78 is 1.64. The number of hydrogen-bond donors (Lipinski definition) is 2. The van der Waals surface area contributed by atoms with Gasteiger partial charge in [0.15, 0.2) is 0 Å². The molecule has 0 spiro atoms. The van der Waals surface area contributed by atoms with Crippen molar-refractivity contribution >= 4 is 11.7 Å². The standard InChI is InChI=1S/C21H23N3O2/c1-16-7-5-6-10-18(16)19-15-20(24(23-19)13-14-25)22-21(26)12-11-17-8-3-2-4-9-17/h2-10,15,25H,11-14H2,1H3,(H,22,26). The predicted molar refractivity (Wildman–Crippen MR) is 103 cm³/mol. The molecule has 0 aliphatic rings. The van der Waals surface area contributed by atoms with Gasteiger partial charge in [0.1, 0.15) is 5.82 Å². The molecule has 0 saturated heterocycles. The molecule has 0 bridgehead atoms. The van der Waals surface area contributed by atoms with Crippen molar-refractivity contribution in [2.24, 2.45) is 0 Å². The van der Waals surface area contributed by atoms with Gasteiger partial charge in [-0.1, -0.05) is 54.6 Å². The topological polar surface area (TPSA) is 67.2 Å². The van der Waals surface area contributed by atoms with Gasteiger partial charge < -0.3 is 10.4 Å². The van der Waals surface area contributed by atoms with Gasteiger partial charge in [0.05, 0.1) is 18.8 Å². The molecule has 0 atom stereocenters. The Morgan fingerprint density at radius 1 is 1.12 bits per heavy atom. The highest BCUT2D eigenvalue weighted by Gasteiger charge is 2.13. The van der Waals surface area contributed by atoms with Crippen LogP contribution < -0.4 is 5.32 Å². The third-order valence-electron chi connectivity index (χ3n) is 4.26. The molecule has 1 aromatic heterocycles. The largest absolute Gasteiger partial charge is 0.394 e. The molecule has 5 heteroatoms. The van der Waals surface area contributed by atoms with Crippen molar-refractivity contribution in [1.82, 2.24) is 9.78 Å². The fourth-order valence-corrected chi connectivity index (χ4v) is 2.88. The number of nitrogens with zero attached hydrogens (tertiary/aromatic N) is 2. The molecule has 1 amide bonds. The van der Waals surface area contributed by atoms with Crippen LogP contribution in [0.5, 0.6) is 0 Å². The van der Waals surface area contributed by atoms with Crippen molar-refractivity contribution in [3.8, 4) is 11.3 Å². The van der Waals surface area contributed by atoms with Crippen molar-refractivity contribution in [2.75, 3.05) is 11.9 Å². The first-order valence-corrected chi connectivity index (χ1v) is 8.76. The summed E-state index contributed by atoms with van der Waals surface area (Å²) >= 11 is 0. The second kappa shape index (κ2) is 8.45. The van der Waals surface area contributed by atoms with Gasteiger partial charge in [0.2, 0.25) is 5.91 Å². The van der Waals surface area contributed by atoms with E-state index in [-0.39, 0.29) is 12.5 Å². The molecule has 1 heterocycles. The molecule has 0 aliphatic carbocycles. The van der Waals surface area contributed by atoms with Crippen LogP contribution >= 0.6 is 0 Å². The van der Waals surface area contributed by atoms with E-state index in [2.05, 4.69) is 10.4 Å². The number of aromatic nitrogens is 2. The summed E-state index contributed by atoms with van der Waals surface area (Å²) in [4.78, 5) is 12.3. The molecule has 2 N–H and O–H groups in total. The quantitative estimate of drug-likeness (QED) is 0.687. The minimum atomic E-state index is -0.0655. The smallest absolute Gasteiger partial charge is 0.225 e. The molecular weight excluding hydrogens is 326 g/mol. The molecule has 0 unspecified atom stereocenters. The Hall–Kier alpha value is -2.92. The number of amides is 1. The molecule has 2 aromatic carbocycles. The van der Waals surface area contributed by atoms with Crippen LogP contribution in [0.2, 0.25) is 0 Å². The molecule has 0 radical (unpaired) electrons. The van der Waals surface area contributed by atoms with E-state index in [9.17, 15) is 9.90 Å². The summed E-state index contributed by atoms with van der Waals surface area (Å²) in [5.74, 6) is 0.541. The van der Waals surface area contributed by atoms with Crippen LogP contribution in [0.3, 0.4) is 0 Å². The molecule has 5 nitrogen and oxygen atoms in total. The lowest BCUT2D eigenvalue weighted by atomic mass is 10.1. The number of carbonyl (C=O) groups is 1. The summed E-state index contributed by atoms with van der Waals surface area (Å²) in [6, 6.07) is 19.8. The zero-order valence-corrected chi connectivity index (χ0v) is 14.9. The fourth-order valence-electron chi connectivity index (χ4n) is 2.88. The summed E-state index contributed by atoms with van der Waals surface area (Å²) in [6.07, 6.45) is 1.08. The molecule has 3 aromatic rings. The van der Waals surface area contributed by atoms with Gasteiger partial charge in [-0.2, -0.15) is 5.10 Å². The van der Waals surface area contributed by atoms with Crippen LogP contribution in [0.1, 0.15) is 17.5 Å². The molecule has 3 rings (SSSR count). The number of aryl methyl sites for hydroxylation is 2. The third kappa shape index (κ3) is 4.37. The molecule has 26 heavy (non-hydrogen) atoms. The first-order valence-electron chi connectivity index (χ1n) is 8.76. The predicted octanol–water partition coefficient (Wildman–Crippen LogP) is 3.42. The number of hydrogen-bond acceptors (Lipinski definition) is 3. The summed E-state index contributed by atoms with van der Waals surface area (Å²) in [6.45, 7) is 2.32. The van der Waals surface area contributed by atoms with Crippen LogP contribution in [0.25, 0.3) is 11.3 Å². The second-order valence-corrected chi connectivity index (χ2v) is 6.21. The van der Waals surface area contributed by atoms with E-state index in [1.165, 1.54) is 0 Å². The summed E-state index contributed by atoms with van der Waals surface area (Å²) in [5.41, 5.74) is 4.05. The zero-order valence-electron chi connectivity index (χ0n) is 14.9. The van der Waals surface area contributed by atoms with Gasteiger partial charge in [-0.15, -0.1) is 0 Å². The third-order valence-corrected chi connectivity index (χ3v) is 4.26. The first-order chi connectivity index (χ1) is 12.7. The van der Waals surface area contributed by atoms with Crippen LogP contribution in [0.15, 0.2) is 60.7 Å². The van der Waals surface area contributed by atoms with Crippen LogP contribution in [0.4, 0.5) is 5.82 Å². The van der Waals surface area contributed by atoms with Gasteiger partial charge >= 0.3 is 0 Å². The number of benzene rings is 2. The van der Waals surface area contributed by atoms with Crippen LogP contribution in [-0.4, -0.2) is 27.4 Å². The van der Waals surface area contributed by atoms with E-state index >= 15 is 0 Å². The number of aliphatic hydroxyl groups excluding tert-OH is 1. The Morgan fingerprint density at radius 3 is 2.58 bits per heavy atom. The minimum absolute atomic E-state index is 0.0399. The molecule has 134 valence electrons. The van der Waals surface area contributed by atoms with Gasteiger partial charge in [-0.3, -0.25) is 4.79 Å². The van der Waals surface area contributed by atoms with Crippen molar-refractivity contribution in [3.63, 3.8) is 0 Å². The maximum atomic E-state index is 12.3. The number of rotatable bonds is 7. The van der Waals surface area contributed by atoms with E-state index in [1.807, 2.05) is 67.6 Å². The van der Waals surface area contributed by atoms with Gasteiger partial charge in [0, 0.05) is 18.1 Å². The summed E-state index contributed by atoms with van der Waals surface area (Å²) in [7, 11) is 0. The first kappa shape index (κ1) is 17.9. The fraction of sp³-hybridized carbons (Fsp3) is 0.238. The van der Waals surface area contributed by atoms with E-state index in [1.54, 1.807) is 4.68 Å². The molecule has 0 fully saturated rings. The number of anilines is 1. The Labute approximate surface area is 153 Å². The average Bonchev–Trinajstić information content (AvgIpc) is 3.04. The highest BCUT2D eigenvalue weighted by Crippen LogP contribution is 2.25. The van der Waals surface area contributed by atoms with Crippen LogP contribution in [0, 0.1) is 6.92 Å². The lowest BCUT2D eigenvalue weighted by molar-refractivity contribution is -0.116. The van der Waals surface area contributed by atoms with Crippen molar-refractivity contribution < 1.29 is 9.90 Å². The minimum Gasteiger partial charge on any atom is -0.394 e. The van der Waals surface area contributed by atoms with E-state index in [4.69, 9.17) is 0 Å². The van der Waals surface area contributed by atoms with Crippen molar-refractivity contribution in [2.45, 2.75) is 26.3 Å². The Morgan fingerprint density at radius 2 is 1.85 bits per heavy atom. The van der Waals surface area contributed by atoms with E-state index < -0.39 is 0 Å². The highest BCUT2D eigenvalue weighted by molar-refractivity contribution is 5.90. The number of aliphatic hydroxyl groups is 1. The maximum Gasteiger partial charge on any atom is 0.225 e. The lowest BCUT2D eigenvalue weighted by Gasteiger charge is -2.07. The van der Waals surface area contributed by atoms with Gasteiger partial charge in [-0.25, -0.2) is 4.68 Å². The second-order valence-electron chi connectivity index (χ2n) is 6.21. The maximum absolute atomic E-state index is 12.3. The SMILES string of the molecule is Cc1ccccc1-c1cc(NC(=O)CCc2ccccc2)n(CCO)n1.